The van der Waals surface area contributed by atoms with Gasteiger partial charge in [0.25, 0.3) is 0 Å². The fourth-order valence-corrected chi connectivity index (χ4v) is 4.98. The molecule has 1 aliphatic rings. The van der Waals surface area contributed by atoms with E-state index < -0.39 is 0 Å². The van der Waals surface area contributed by atoms with Crippen LogP contribution in [0.5, 0.6) is 0 Å². The van der Waals surface area contributed by atoms with E-state index in [0.717, 1.165) is 27.8 Å². The van der Waals surface area contributed by atoms with Gasteiger partial charge in [0, 0.05) is 39.0 Å². The number of nitriles is 2. The quantitative estimate of drug-likeness (QED) is 0.157. The lowest BCUT2D eigenvalue weighted by Crippen LogP contribution is -2.20. The Hall–Kier alpha value is -6.25. The molecule has 41 heavy (non-hydrogen) atoms. The topological polar surface area (TPSA) is 161 Å². The predicted molar refractivity (Wildman–Crippen MR) is 164 cm³/mol. The molecular weight excluding hydrogens is 508 g/mol. The summed E-state index contributed by atoms with van der Waals surface area (Å²) in [6.07, 6.45) is 3.72. The van der Waals surface area contributed by atoms with E-state index in [1.165, 1.54) is 0 Å². The highest BCUT2D eigenvalue weighted by Gasteiger charge is 2.24. The number of aromatic nitrogens is 1. The van der Waals surface area contributed by atoms with Crippen LogP contribution in [0.3, 0.4) is 0 Å². The Balaban J connectivity index is 1.55. The van der Waals surface area contributed by atoms with E-state index in [9.17, 15) is 10.5 Å². The molecule has 4 aromatic carbocycles. The van der Waals surface area contributed by atoms with Gasteiger partial charge in [-0.2, -0.15) is 15.6 Å². The number of nitrogens with one attached hydrogen (secondary N) is 2. The van der Waals surface area contributed by atoms with Crippen molar-refractivity contribution in [3.8, 4) is 34.5 Å². The lowest BCUT2D eigenvalue weighted by Gasteiger charge is -2.20. The molecule has 0 unspecified atom stereocenters. The van der Waals surface area contributed by atoms with Crippen LogP contribution in [-0.4, -0.2) is 16.4 Å². The number of rotatable bonds is 4. The summed E-state index contributed by atoms with van der Waals surface area (Å²) >= 11 is 0. The van der Waals surface area contributed by atoms with Crippen molar-refractivity contribution in [2.24, 2.45) is 5.10 Å². The molecule has 5 aromatic rings. The molecule has 0 fully saturated rings. The summed E-state index contributed by atoms with van der Waals surface area (Å²) in [5.41, 5.74) is 23.9. The summed E-state index contributed by atoms with van der Waals surface area (Å²) in [6, 6.07) is 29.9. The monoisotopic (exact) mass is 530 g/mol. The summed E-state index contributed by atoms with van der Waals surface area (Å²) in [6.45, 7) is 0. The molecule has 0 saturated heterocycles. The molecule has 0 saturated carbocycles. The van der Waals surface area contributed by atoms with Crippen LogP contribution < -0.4 is 16.9 Å². The molecule has 0 amide bonds. The third-order valence-corrected chi connectivity index (χ3v) is 6.92. The lowest BCUT2D eigenvalue weighted by atomic mass is 9.87. The number of pyridine rings is 1. The van der Waals surface area contributed by atoms with E-state index in [2.05, 4.69) is 22.7 Å². The summed E-state index contributed by atoms with van der Waals surface area (Å²) in [4.78, 5) is 5.03. The molecule has 6 N–H and O–H groups in total. The Kier molecular flexibility index (Phi) is 6.20. The Morgan fingerprint density at radius 3 is 2.12 bits per heavy atom. The third kappa shape index (κ3) is 4.52. The van der Waals surface area contributed by atoms with Crippen LogP contribution in [0.4, 0.5) is 17.1 Å². The van der Waals surface area contributed by atoms with Gasteiger partial charge in [-0.05, 0) is 60.2 Å². The van der Waals surface area contributed by atoms with Crippen molar-refractivity contribution in [2.45, 2.75) is 0 Å². The van der Waals surface area contributed by atoms with Gasteiger partial charge in [-0.25, -0.2) is 4.98 Å². The van der Waals surface area contributed by atoms with Gasteiger partial charge in [-0.1, -0.05) is 42.5 Å². The molecule has 194 valence electrons. The van der Waals surface area contributed by atoms with Gasteiger partial charge in [-0.15, -0.1) is 0 Å². The number of hydrazone groups is 1. The zero-order valence-electron chi connectivity index (χ0n) is 21.7. The van der Waals surface area contributed by atoms with Gasteiger partial charge in [0.1, 0.15) is 5.71 Å². The number of nitrogens with two attached hydrogens (primary N) is 2. The minimum atomic E-state index is 0.248. The number of nitrogens with zero attached hydrogens (tertiary/aromatic N) is 4. The van der Waals surface area contributed by atoms with Gasteiger partial charge < -0.3 is 11.5 Å². The van der Waals surface area contributed by atoms with Crippen LogP contribution in [0, 0.1) is 28.1 Å². The van der Waals surface area contributed by atoms with Gasteiger partial charge in [0.2, 0.25) is 0 Å². The molecular formula is C33H22N8. The molecule has 1 heterocycles. The van der Waals surface area contributed by atoms with Gasteiger partial charge in [0.15, 0.2) is 0 Å². The van der Waals surface area contributed by atoms with Gasteiger partial charge in [0.05, 0.1) is 45.9 Å². The van der Waals surface area contributed by atoms with Crippen molar-refractivity contribution in [1.82, 2.24) is 4.98 Å². The zero-order valence-corrected chi connectivity index (χ0v) is 21.7. The van der Waals surface area contributed by atoms with Crippen LogP contribution in [0.15, 0.2) is 96.1 Å². The number of hydrogen-bond acceptors (Lipinski definition) is 8. The maximum atomic E-state index is 9.29. The van der Waals surface area contributed by atoms with Crippen molar-refractivity contribution in [3.63, 3.8) is 0 Å². The highest BCUT2D eigenvalue weighted by atomic mass is 15.3. The molecule has 0 radical (unpaired) electrons. The molecule has 1 aliphatic carbocycles. The fraction of sp³-hybridized carbons (Fsp3) is 0. The van der Waals surface area contributed by atoms with Crippen molar-refractivity contribution < 1.29 is 0 Å². The number of fused-ring (bicyclic) bond motifs is 3. The van der Waals surface area contributed by atoms with Crippen LogP contribution in [-0.2, 0) is 0 Å². The van der Waals surface area contributed by atoms with Crippen LogP contribution in [0.25, 0.3) is 39.4 Å². The molecule has 6 rings (SSSR count). The van der Waals surface area contributed by atoms with Crippen molar-refractivity contribution in [3.05, 3.63) is 113 Å². The van der Waals surface area contributed by atoms with Crippen molar-refractivity contribution in [2.75, 3.05) is 16.9 Å². The van der Waals surface area contributed by atoms with Crippen molar-refractivity contribution in [1.29, 1.82) is 15.9 Å². The SMILES string of the molecule is N#Cc1ccc(-c2nc3cc(-c4c(N)cc(C#N)cc4N)ccc3c3c2C=C/C(=N/Nc2ccccc2)C3=N)cc1. The minimum absolute atomic E-state index is 0.248. The normalized spacial score (nSPS) is 13.0. The fourth-order valence-electron chi connectivity index (χ4n) is 4.98. The first kappa shape index (κ1) is 25.1. The average Bonchev–Trinajstić information content (AvgIpc) is 3.00. The van der Waals surface area contributed by atoms with Crippen molar-refractivity contribution >= 4 is 45.5 Å². The second-order valence-electron chi connectivity index (χ2n) is 9.49. The zero-order chi connectivity index (χ0) is 28.5. The second-order valence-corrected chi connectivity index (χ2v) is 9.49. The van der Waals surface area contributed by atoms with E-state index in [-0.39, 0.29) is 5.71 Å². The summed E-state index contributed by atoms with van der Waals surface area (Å²) in [5.74, 6) is 0. The molecule has 0 bridgehead atoms. The minimum Gasteiger partial charge on any atom is -0.398 e. The molecule has 8 nitrogen and oxygen atoms in total. The van der Waals surface area contributed by atoms with E-state index in [1.807, 2.05) is 66.7 Å². The number of anilines is 3. The maximum absolute atomic E-state index is 9.29. The largest absolute Gasteiger partial charge is 0.398 e. The highest BCUT2D eigenvalue weighted by Crippen LogP contribution is 2.38. The summed E-state index contributed by atoms with van der Waals surface area (Å²) < 4.78 is 0. The molecule has 0 atom stereocenters. The number of hydrogen-bond donors (Lipinski definition) is 4. The first-order chi connectivity index (χ1) is 20.0. The number of nitrogen functional groups attached to an aromatic ring is 2. The van der Waals surface area contributed by atoms with E-state index in [0.29, 0.717) is 50.6 Å². The standard InChI is InChI=1S/C33H22N8/c34-17-19-6-8-21(9-7-19)33-25-12-13-28(41-40-23-4-2-1-3-5-23)32(38)31(25)24-11-10-22(16-29(24)39-33)30-26(36)14-20(18-35)15-27(30)37/h1-16,38,40H,36-37H2/b38-32?,41-28-. The van der Waals surface area contributed by atoms with E-state index in [4.69, 9.17) is 21.9 Å². The summed E-state index contributed by atoms with van der Waals surface area (Å²) in [7, 11) is 0. The van der Waals surface area contributed by atoms with Crippen LogP contribution in [0.1, 0.15) is 22.3 Å². The Labute approximate surface area is 236 Å². The van der Waals surface area contributed by atoms with Crippen LogP contribution in [0.2, 0.25) is 0 Å². The lowest BCUT2D eigenvalue weighted by molar-refractivity contribution is 1.33. The Morgan fingerprint density at radius 1 is 0.756 bits per heavy atom. The smallest absolute Gasteiger partial charge is 0.109 e. The number of para-hydroxylation sites is 1. The Morgan fingerprint density at radius 2 is 1.44 bits per heavy atom. The van der Waals surface area contributed by atoms with E-state index >= 15 is 0 Å². The highest BCUT2D eigenvalue weighted by molar-refractivity contribution is 6.55. The summed E-state index contributed by atoms with van der Waals surface area (Å²) in [5, 5.41) is 33.0. The number of allylic oxidation sites excluding steroid dienone is 1. The third-order valence-electron chi connectivity index (χ3n) is 6.92. The average molecular weight is 531 g/mol. The second kappa shape index (κ2) is 10.1. The maximum Gasteiger partial charge on any atom is 0.109 e. The first-order valence-electron chi connectivity index (χ1n) is 12.7. The van der Waals surface area contributed by atoms with Gasteiger partial charge in [-0.3, -0.25) is 10.8 Å². The molecule has 1 aromatic heterocycles. The first-order valence-corrected chi connectivity index (χ1v) is 12.7. The Bertz CT molecular complexity index is 1990. The molecule has 0 aliphatic heterocycles. The van der Waals surface area contributed by atoms with Crippen LogP contribution >= 0.6 is 0 Å². The van der Waals surface area contributed by atoms with Gasteiger partial charge >= 0.3 is 0 Å². The van der Waals surface area contributed by atoms with E-state index in [1.54, 1.807) is 30.3 Å². The predicted octanol–water partition coefficient (Wildman–Crippen LogP) is 6.34. The number of benzene rings is 4. The molecule has 0 spiro atoms. The molecule has 8 heteroatoms.